The second-order valence-corrected chi connectivity index (χ2v) is 21.3. The average molecular weight is 952 g/mol. The van der Waals surface area contributed by atoms with Crippen LogP contribution in [0.1, 0.15) is 300 Å². The summed E-state index contributed by atoms with van der Waals surface area (Å²) in [5.74, 6) is 3.26. The van der Waals surface area contributed by atoms with Gasteiger partial charge in [0, 0.05) is 0 Å². The van der Waals surface area contributed by atoms with Crippen molar-refractivity contribution in [1.82, 2.24) is 0 Å². The van der Waals surface area contributed by atoms with E-state index >= 15 is 0 Å². The Hall–Kier alpha value is -2.17. The van der Waals surface area contributed by atoms with Crippen LogP contribution < -0.4 is 0 Å². The van der Waals surface area contributed by atoms with Crippen LogP contribution in [-0.2, 0) is 53.0 Å². The Bertz CT molecular complexity index is 1550. The molecule has 0 saturated carbocycles. The second-order valence-electron chi connectivity index (χ2n) is 19.4. The minimum absolute atomic E-state index is 0.911. The Morgan fingerprint density at radius 2 is 0.697 bits per heavy atom. The third kappa shape index (κ3) is 26.0. The molecule has 0 amide bonds. The first-order valence-corrected chi connectivity index (χ1v) is 30.2. The Kier molecular flexibility index (Phi) is 40.2. The molecule has 3 heteroatoms. The molecule has 0 radical (unpaired) electrons. The molecule has 0 heterocycles. The fourth-order valence-corrected chi connectivity index (χ4v) is 10.3. The molecule has 0 saturated heterocycles. The molecule has 0 unspecified atom stereocenters. The van der Waals surface area contributed by atoms with Crippen LogP contribution in [0.4, 0.5) is 0 Å². The van der Waals surface area contributed by atoms with E-state index in [1.54, 1.807) is 33.4 Å². The van der Waals surface area contributed by atoms with Gasteiger partial charge in [0.25, 0.3) is 0 Å². The van der Waals surface area contributed by atoms with Crippen molar-refractivity contribution in [1.29, 1.82) is 0 Å². The molecule has 0 aliphatic carbocycles. The Morgan fingerprint density at radius 3 is 1.03 bits per heavy atom. The molecule has 380 valence electrons. The maximum atomic E-state index is 10.3. The third-order valence-electron chi connectivity index (χ3n) is 13.7. The molecule has 0 fully saturated rings. The van der Waals surface area contributed by atoms with Gasteiger partial charge in [0.2, 0.25) is 0 Å². The monoisotopic (exact) mass is 951 g/mol. The Balaban J connectivity index is 0.00000411. The molecule has 0 spiro atoms. The zero-order chi connectivity index (χ0) is 48.5. The zero-order valence-corrected chi connectivity index (χ0v) is 46.7. The number of benzene rings is 2. The van der Waals surface area contributed by atoms with Crippen LogP contribution in [0.25, 0.3) is 11.1 Å². The van der Waals surface area contributed by atoms with Gasteiger partial charge in [0.1, 0.15) is 0 Å². The quantitative estimate of drug-likeness (QED) is 0.0159. The molecule has 0 N–H and O–H groups in total. The summed E-state index contributed by atoms with van der Waals surface area (Å²) in [4.78, 5) is 3.72. The van der Waals surface area contributed by atoms with E-state index in [1.807, 2.05) is 14.4 Å². The fraction of sp³-hybridized carbons (Fsp3) is 0.746. The van der Waals surface area contributed by atoms with E-state index in [0.29, 0.717) is 0 Å². The number of rotatable bonds is 40. The number of hydrogen-bond donors (Lipinski definition) is 0. The summed E-state index contributed by atoms with van der Waals surface area (Å²) in [6.07, 6.45) is 43.0. The third-order valence-corrected chi connectivity index (χ3v) is 14.7. The summed E-state index contributed by atoms with van der Waals surface area (Å²) >= 11 is 1.82. The van der Waals surface area contributed by atoms with Crippen molar-refractivity contribution in [2.45, 2.75) is 305 Å². The molecular weight excluding hydrogens is 843 g/mol. The SMILES string of the molecule is CCCCCCc1cc(C(=C(CCCCC)C(=C=[N+]=[N-])CCCCC)c2cc(CCCCC)c(CCCCC)c(CCCCC)c2)cc(CCCCCC)c1CCCCCC.C[CH2][Ni][CH2]C. The van der Waals surface area contributed by atoms with Crippen LogP contribution in [0.2, 0.25) is 10.8 Å². The number of nitrogens with zero attached hydrogens (tertiary/aromatic N) is 2. The van der Waals surface area contributed by atoms with Gasteiger partial charge in [-0.15, -0.1) is 4.79 Å². The van der Waals surface area contributed by atoms with Crippen LogP contribution in [0.3, 0.4) is 0 Å². The molecule has 0 bridgehead atoms. The van der Waals surface area contributed by atoms with Crippen LogP contribution in [-0.4, -0.2) is 10.7 Å². The van der Waals surface area contributed by atoms with E-state index in [9.17, 15) is 5.53 Å². The van der Waals surface area contributed by atoms with Gasteiger partial charge < -0.3 is 5.53 Å². The van der Waals surface area contributed by atoms with E-state index < -0.39 is 0 Å². The number of unbranched alkanes of at least 4 members (excludes halogenated alkanes) is 19. The summed E-state index contributed by atoms with van der Waals surface area (Å²) in [5.41, 5.74) is 26.9. The van der Waals surface area contributed by atoms with Crippen LogP contribution >= 0.6 is 0 Å². The predicted molar refractivity (Wildman–Crippen MR) is 294 cm³/mol. The van der Waals surface area contributed by atoms with E-state index in [-0.39, 0.29) is 0 Å². The molecular formula is C63H108N2Ni. The topological polar surface area (TPSA) is 36.4 Å². The van der Waals surface area contributed by atoms with Gasteiger partial charge in [0.15, 0.2) is 0 Å². The molecule has 2 aromatic rings. The van der Waals surface area contributed by atoms with Crippen molar-refractivity contribution in [3.8, 4) is 0 Å². The van der Waals surface area contributed by atoms with Crippen LogP contribution in [0.15, 0.2) is 35.4 Å². The maximum absolute atomic E-state index is 10.3. The first-order chi connectivity index (χ1) is 32.4. The van der Waals surface area contributed by atoms with Crippen LogP contribution in [0, 0.1) is 0 Å². The number of allylic oxidation sites excluding steroid dienone is 2. The number of aryl methyl sites for hydroxylation is 4. The van der Waals surface area contributed by atoms with Crippen molar-refractivity contribution < 1.29 is 19.2 Å². The summed E-state index contributed by atoms with van der Waals surface area (Å²) < 4.78 is 0. The van der Waals surface area contributed by atoms with Crippen molar-refractivity contribution in [3.63, 3.8) is 0 Å². The summed E-state index contributed by atoms with van der Waals surface area (Å²) in [6, 6.07) is 10.7. The average Bonchev–Trinajstić information content (AvgIpc) is 3.32. The number of hydrogen-bond acceptors (Lipinski definition) is 0. The molecule has 2 rings (SSSR count). The molecule has 0 aromatic heterocycles. The van der Waals surface area contributed by atoms with E-state index in [2.05, 4.69) is 104 Å². The fourth-order valence-electron chi connectivity index (χ4n) is 9.85. The van der Waals surface area contributed by atoms with Crippen molar-refractivity contribution in [2.24, 2.45) is 0 Å². The van der Waals surface area contributed by atoms with Crippen LogP contribution in [0.5, 0.6) is 0 Å². The zero-order valence-electron chi connectivity index (χ0n) is 45.7. The van der Waals surface area contributed by atoms with Gasteiger partial charge in [0.05, 0.1) is 5.57 Å². The predicted octanol–water partition coefficient (Wildman–Crippen LogP) is 21.0. The summed E-state index contributed by atoms with van der Waals surface area (Å²) in [7, 11) is 0. The Morgan fingerprint density at radius 1 is 0.394 bits per heavy atom. The van der Waals surface area contributed by atoms with Crippen molar-refractivity contribution in [2.75, 3.05) is 0 Å². The normalized spacial score (nSPS) is 11.6. The van der Waals surface area contributed by atoms with Gasteiger partial charge in [-0.1, -0.05) is 202 Å². The Labute approximate surface area is 418 Å². The van der Waals surface area contributed by atoms with Gasteiger partial charge in [-0.2, -0.15) is 0 Å². The molecule has 0 aliphatic heterocycles. The molecule has 0 atom stereocenters. The summed E-state index contributed by atoms with van der Waals surface area (Å²) in [5, 5.41) is 2.56. The molecule has 0 aliphatic rings. The van der Waals surface area contributed by atoms with Crippen molar-refractivity contribution in [3.05, 3.63) is 85.5 Å². The summed E-state index contributed by atoms with van der Waals surface area (Å²) in [6.45, 7) is 23.1. The minimum atomic E-state index is 0.911. The van der Waals surface area contributed by atoms with E-state index in [0.717, 1.165) is 31.3 Å². The van der Waals surface area contributed by atoms with Gasteiger partial charge in [-0.05, 0) is 158 Å². The molecule has 2 nitrogen and oxygen atoms in total. The molecule has 66 heavy (non-hydrogen) atoms. The second kappa shape index (κ2) is 42.9. The first-order valence-electron chi connectivity index (χ1n) is 28.8. The van der Waals surface area contributed by atoms with Gasteiger partial charge in [-0.3, -0.25) is 0 Å². The molecule has 2 aromatic carbocycles. The van der Waals surface area contributed by atoms with E-state index in [1.165, 1.54) is 232 Å². The van der Waals surface area contributed by atoms with Crippen molar-refractivity contribution >= 4 is 11.4 Å². The first kappa shape index (κ1) is 61.8. The van der Waals surface area contributed by atoms with Gasteiger partial charge >= 0.3 is 44.9 Å². The van der Waals surface area contributed by atoms with E-state index in [4.69, 9.17) is 0 Å². The van der Waals surface area contributed by atoms with Gasteiger partial charge in [-0.25, -0.2) is 0 Å². The standard InChI is InChI=1S/C59H98N2.2C2H5.Ni/c1-9-17-25-33-38-51-46-55(47-52(39-34-26-18-10-2)57(51)42-35-27-19-11-3)59(58(43-32-24-16-8)53(48-61-60)40-30-22-14-6)54-44-49(36-28-20-12-4)56(41-31-23-15-7)50(45-54)37-29-21-13-5;2*1-2;/h44-47H,9-43H2,1-8H3;2*1H2,2H3;.